The van der Waals surface area contributed by atoms with Crippen LogP contribution in [0.25, 0.3) is 0 Å². The first-order valence-corrected chi connectivity index (χ1v) is 9.31. The summed E-state index contributed by atoms with van der Waals surface area (Å²) in [6.45, 7) is 2.34. The number of nitrogens with one attached hydrogen (secondary N) is 1. The van der Waals surface area contributed by atoms with Gasteiger partial charge in [-0.3, -0.25) is 4.79 Å². The summed E-state index contributed by atoms with van der Waals surface area (Å²) in [5.74, 6) is 2.25. The largest absolute Gasteiger partial charge is 0.490 e. The van der Waals surface area contributed by atoms with Crippen molar-refractivity contribution in [2.45, 2.75) is 38.2 Å². The number of benzene rings is 1. The fraction of sp³-hybridized carbons (Fsp3) is 0.632. The molecule has 1 saturated heterocycles. The summed E-state index contributed by atoms with van der Waals surface area (Å²) in [6.07, 6.45) is 6.67. The Kier molecular flexibility index (Phi) is 5.67. The SMILES string of the molecule is CN(C)C(=O)c1ccc(O[C@@H]2C[C@H]2CCC2CCNCC2)cc1Cl. The van der Waals surface area contributed by atoms with Gasteiger partial charge in [0, 0.05) is 14.1 Å². The van der Waals surface area contributed by atoms with Crippen LogP contribution in [0.2, 0.25) is 5.02 Å². The van der Waals surface area contributed by atoms with E-state index in [1.807, 2.05) is 6.07 Å². The number of amides is 1. The van der Waals surface area contributed by atoms with Gasteiger partial charge in [0.25, 0.3) is 5.91 Å². The second-order valence-corrected chi connectivity index (χ2v) is 7.67. The van der Waals surface area contributed by atoms with Crippen LogP contribution in [-0.2, 0) is 0 Å². The van der Waals surface area contributed by atoms with Crippen LogP contribution in [0.15, 0.2) is 18.2 Å². The van der Waals surface area contributed by atoms with Crippen molar-refractivity contribution in [3.05, 3.63) is 28.8 Å². The number of piperidine rings is 1. The van der Waals surface area contributed by atoms with Crippen molar-refractivity contribution in [3.63, 3.8) is 0 Å². The number of hydrogen-bond donors (Lipinski definition) is 1. The molecule has 1 saturated carbocycles. The molecule has 0 aromatic heterocycles. The van der Waals surface area contributed by atoms with E-state index in [1.165, 1.54) is 43.7 Å². The van der Waals surface area contributed by atoms with Crippen LogP contribution in [0.4, 0.5) is 0 Å². The molecule has 1 amide bonds. The summed E-state index contributed by atoms with van der Waals surface area (Å²) in [5.41, 5.74) is 0.521. The van der Waals surface area contributed by atoms with Gasteiger partial charge in [-0.2, -0.15) is 0 Å². The normalized spacial score (nSPS) is 23.8. The second kappa shape index (κ2) is 7.75. The van der Waals surface area contributed by atoms with Crippen LogP contribution < -0.4 is 10.1 Å². The van der Waals surface area contributed by atoms with E-state index in [2.05, 4.69) is 5.32 Å². The highest BCUT2D eigenvalue weighted by Gasteiger charge is 2.39. The summed E-state index contributed by atoms with van der Waals surface area (Å²) < 4.78 is 6.03. The maximum atomic E-state index is 12.0. The highest BCUT2D eigenvalue weighted by molar-refractivity contribution is 6.34. The minimum Gasteiger partial charge on any atom is -0.490 e. The number of rotatable bonds is 6. The lowest BCUT2D eigenvalue weighted by Gasteiger charge is -2.22. The molecule has 132 valence electrons. The Morgan fingerprint density at radius 3 is 2.71 bits per heavy atom. The number of halogens is 1. The third-order valence-electron chi connectivity index (χ3n) is 5.13. The molecule has 24 heavy (non-hydrogen) atoms. The Morgan fingerprint density at radius 1 is 1.29 bits per heavy atom. The zero-order valence-electron chi connectivity index (χ0n) is 14.6. The third-order valence-corrected chi connectivity index (χ3v) is 5.44. The van der Waals surface area contributed by atoms with Crippen LogP contribution in [0.5, 0.6) is 5.75 Å². The lowest BCUT2D eigenvalue weighted by molar-refractivity contribution is 0.0827. The lowest BCUT2D eigenvalue weighted by atomic mass is 9.92. The molecule has 0 spiro atoms. The molecule has 0 unspecified atom stereocenters. The average Bonchev–Trinajstić information content (AvgIpc) is 3.31. The summed E-state index contributed by atoms with van der Waals surface area (Å²) >= 11 is 6.24. The molecule has 1 aromatic rings. The highest BCUT2D eigenvalue weighted by atomic mass is 35.5. The minimum absolute atomic E-state index is 0.0854. The number of carbonyl (C=O) groups excluding carboxylic acids is 1. The number of nitrogens with zero attached hydrogens (tertiary/aromatic N) is 1. The highest BCUT2D eigenvalue weighted by Crippen LogP contribution is 2.40. The molecule has 2 atom stereocenters. The van der Waals surface area contributed by atoms with Gasteiger partial charge in [0.1, 0.15) is 11.9 Å². The van der Waals surface area contributed by atoms with Gasteiger partial charge in [0.15, 0.2) is 0 Å². The molecule has 4 nitrogen and oxygen atoms in total. The van der Waals surface area contributed by atoms with Crippen molar-refractivity contribution in [3.8, 4) is 5.75 Å². The third kappa shape index (κ3) is 4.42. The first-order chi connectivity index (χ1) is 11.5. The smallest absolute Gasteiger partial charge is 0.254 e. The standard InChI is InChI=1S/C19H27ClN2O2/c1-22(2)19(23)16-6-5-15(12-17(16)20)24-18-11-14(18)4-3-13-7-9-21-10-8-13/h5-6,12-14,18,21H,3-4,7-11H2,1-2H3/t14-,18-/m1/s1. The Hall–Kier alpha value is -1.26. The zero-order valence-corrected chi connectivity index (χ0v) is 15.3. The van der Waals surface area contributed by atoms with Crippen LogP contribution in [0.1, 0.15) is 42.5 Å². The predicted molar refractivity (Wildman–Crippen MR) is 96.8 cm³/mol. The van der Waals surface area contributed by atoms with Crippen LogP contribution in [0, 0.1) is 11.8 Å². The van der Waals surface area contributed by atoms with Gasteiger partial charge in [-0.25, -0.2) is 0 Å². The molecule has 0 bridgehead atoms. The molecule has 1 aromatic carbocycles. The quantitative estimate of drug-likeness (QED) is 0.852. The van der Waals surface area contributed by atoms with Gasteiger partial charge < -0.3 is 15.0 Å². The molecule has 1 heterocycles. The van der Waals surface area contributed by atoms with Crippen molar-refractivity contribution in [1.29, 1.82) is 0 Å². The summed E-state index contributed by atoms with van der Waals surface area (Å²) in [5, 5.41) is 3.88. The van der Waals surface area contributed by atoms with E-state index in [0.29, 0.717) is 22.6 Å². The van der Waals surface area contributed by atoms with E-state index in [0.717, 1.165) is 18.1 Å². The van der Waals surface area contributed by atoms with Crippen molar-refractivity contribution in [1.82, 2.24) is 10.2 Å². The first kappa shape index (κ1) is 17.6. The van der Waals surface area contributed by atoms with Gasteiger partial charge in [-0.15, -0.1) is 0 Å². The zero-order chi connectivity index (χ0) is 17.1. The molecular formula is C19H27ClN2O2. The Morgan fingerprint density at radius 2 is 2.04 bits per heavy atom. The molecule has 1 aliphatic carbocycles. The summed E-state index contributed by atoms with van der Waals surface area (Å²) in [6, 6.07) is 5.37. The van der Waals surface area contributed by atoms with Crippen molar-refractivity contribution in [2.24, 2.45) is 11.8 Å². The van der Waals surface area contributed by atoms with Gasteiger partial charge in [-0.05, 0) is 75.2 Å². The molecule has 2 fully saturated rings. The van der Waals surface area contributed by atoms with E-state index >= 15 is 0 Å². The van der Waals surface area contributed by atoms with Crippen LogP contribution in [0.3, 0.4) is 0 Å². The monoisotopic (exact) mass is 350 g/mol. The fourth-order valence-corrected chi connectivity index (χ4v) is 3.70. The maximum Gasteiger partial charge on any atom is 0.254 e. The van der Waals surface area contributed by atoms with E-state index in [1.54, 1.807) is 26.2 Å². The lowest BCUT2D eigenvalue weighted by Crippen LogP contribution is -2.27. The number of carbonyl (C=O) groups is 1. The first-order valence-electron chi connectivity index (χ1n) is 8.93. The van der Waals surface area contributed by atoms with Gasteiger partial charge in [0.2, 0.25) is 0 Å². The van der Waals surface area contributed by atoms with Crippen molar-refractivity contribution < 1.29 is 9.53 Å². The average molecular weight is 351 g/mol. The van der Waals surface area contributed by atoms with E-state index < -0.39 is 0 Å². The van der Waals surface area contributed by atoms with Crippen LogP contribution in [-0.4, -0.2) is 44.1 Å². The van der Waals surface area contributed by atoms with E-state index in [-0.39, 0.29) is 5.91 Å². The molecular weight excluding hydrogens is 324 g/mol. The predicted octanol–water partition coefficient (Wildman–Crippen LogP) is 3.59. The van der Waals surface area contributed by atoms with Crippen molar-refractivity contribution >= 4 is 17.5 Å². The molecule has 2 aliphatic rings. The van der Waals surface area contributed by atoms with Crippen LogP contribution >= 0.6 is 11.6 Å². The van der Waals surface area contributed by atoms with E-state index in [9.17, 15) is 4.79 Å². The molecule has 1 N–H and O–H groups in total. The topological polar surface area (TPSA) is 41.6 Å². The summed E-state index contributed by atoms with van der Waals surface area (Å²) in [4.78, 5) is 13.5. The Bertz CT molecular complexity index is 585. The Labute approximate surface area is 149 Å². The van der Waals surface area contributed by atoms with E-state index in [4.69, 9.17) is 16.3 Å². The fourth-order valence-electron chi connectivity index (χ4n) is 3.45. The number of ether oxygens (including phenoxy) is 1. The Balaban J connectivity index is 1.47. The maximum absolute atomic E-state index is 12.0. The molecule has 0 radical (unpaired) electrons. The van der Waals surface area contributed by atoms with Gasteiger partial charge in [0.05, 0.1) is 10.6 Å². The molecule has 5 heteroatoms. The molecule has 1 aliphatic heterocycles. The number of hydrogen-bond acceptors (Lipinski definition) is 3. The van der Waals surface area contributed by atoms with Gasteiger partial charge >= 0.3 is 0 Å². The second-order valence-electron chi connectivity index (χ2n) is 7.26. The van der Waals surface area contributed by atoms with Crippen molar-refractivity contribution in [2.75, 3.05) is 27.2 Å². The van der Waals surface area contributed by atoms with Gasteiger partial charge in [-0.1, -0.05) is 11.6 Å². The summed E-state index contributed by atoms with van der Waals surface area (Å²) in [7, 11) is 3.44. The molecule has 3 rings (SSSR count). The minimum atomic E-state index is -0.0854.